The quantitative estimate of drug-likeness (QED) is 0.667. The SMILES string of the molecule is CCN1C(=O)C(Nc2cc(OC)c(OC)c(OC)c2)=C(c2ccc(OC)cc2)C1=O. The molecule has 8 heteroatoms. The summed E-state index contributed by atoms with van der Waals surface area (Å²) in [5.41, 5.74) is 1.60. The highest BCUT2D eigenvalue weighted by molar-refractivity contribution is 6.36. The van der Waals surface area contributed by atoms with E-state index in [4.69, 9.17) is 18.9 Å². The third-order valence-corrected chi connectivity index (χ3v) is 4.80. The van der Waals surface area contributed by atoms with Gasteiger partial charge in [-0.2, -0.15) is 0 Å². The van der Waals surface area contributed by atoms with E-state index in [1.807, 2.05) is 0 Å². The van der Waals surface area contributed by atoms with Crippen LogP contribution >= 0.6 is 0 Å². The van der Waals surface area contributed by atoms with E-state index >= 15 is 0 Å². The van der Waals surface area contributed by atoms with Crippen LogP contribution < -0.4 is 24.3 Å². The van der Waals surface area contributed by atoms with Gasteiger partial charge >= 0.3 is 0 Å². The molecule has 0 unspecified atom stereocenters. The van der Waals surface area contributed by atoms with E-state index < -0.39 is 5.91 Å². The molecule has 2 amide bonds. The molecule has 1 N–H and O–H groups in total. The smallest absolute Gasteiger partial charge is 0.278 e. The van der Waals surface area contributed by atoms with Crippen LogP contribution in [0.1, 0.15) is 12.5 Å². The summed E-state index contributed by atoms with van der Waals surface area (Å²) in [5.74, 6) is 1.18. The van der Waals surface area contributed by atoms with E-state index in [1.165, 1.54) is 26.2 Å². The zero-order valence-electron chi connectivity index (χ0n) is 17.6. The topological polar surface area (TPSA) is 86.3 Å². The van der Waals surface area contributed by atoms with Crippen LogP contribution in [0, 0.1) is 0 Å². The maximum Gasteiger partial charge on any atom is 0.278 e. The van der Waals surface area contributed by atoms with Crippen LogP contribution in [0.4, 0.5) is 5.69 Å². The fourth-order valence-corrected chi connectivity index (χ4v) is 3.30. The number of hydrogen-bond donors (Lipinski definition) is 1. The van der Waals surface area contributed by atoms with Crippen molar-refractivity contribution in [1.82, 2.24) is 4.90 Å². The summed E-state index contributed by atoms with van der Waals surface area (Å²) in [5, 5.41) is 3.08. The summed E-state index contributed by atoms with van der Waals surface area (Å²) < 4.78 is 21.3. The Balaban J connectivity index is 2.11. The van der Waals surface area contributed by atoms with E-state index in [9.17, 15) is 9.59 Å². The average Bonchev–Trinajstić information content (AvgIpc) is 3.01. The molecule has 2 aromatic rings. The molecule has 0 saturated heterocycles. The van der Waals surface area contributed by atoms with Crippen molar-refractivity contribution >= 4 is 23.1 Å². The minimum Gasteiger partial charge on any atom is -0.497 e. The van der Waals surface area contributed by atoms with Gasteiger partial charge in [-0.1, -0.05) is 12.1 Å². The molecule has 0 radical (unpaired) electrons. The highest BCUT2D eigenvalue weighted by Crippen LogP contribution is 2.41. The first-order valence-corrected chi connectivity index (χ1v) is 9.30. The van der Waals surface area contributed by atoms with Crippen molar-refractivity contribution in [3.8, 4) is 23.0 Å². The lowest BCUT2D eigenvalue weighted by Gasteiger charge is -2.16. The van der Waals surface area contributed by atoms with Crippen molar-refractivity contribution in [1.29, 1.82) is 0 Å². The van der Waals surface area contributed by atoms with Gasteiger partial charge in [-0.3, -0.25) is 14.5 Å². The predicted octanol–water partition coefficient (Wildman–Crippen LogP) is 2.93. The van der Waals surface area contributed by atoms with Gasteiger partial charge < -0.3 is 24.3 Å². The van der Waals surface area contributed by atoms with Crippen molar-refractivity contribution in [2.24, 2.45) is 0 Å². The number of carbonyl (C=O) groups is 2. The first-order chi connectivity index (χ1) is 14.5. The zero-order chi connectivity index (χ0) is 21.8. The Kier molecular flexibility index (Phi) is 6.15. The molecule has 3 rings (SSSR count). The number of rotatable bonds is 8. The predicted molar refractivity (Wildman–Crippen MR) is 112 cm³/mol. The number of hydrogen-bond acceptors (Lipinski definition) is 7. The average molecular weight is 412 g/mol. The van der Waals surface area contributed by atoms with Crippen LogP contribution in [0.25, 0.3) is 5.57 Å². The molecule has 0 aromatic heterocycles. The van der Waals surface area contributed by atoms with Crippen LogP contribution in [0.2, 0.25) is 0 Å². The maximum atomic E-state index is 13.0. The first-order valence-electron chi connectivity index (χ1n) is 9.30. The molecule has 1 aliphatic rings. The zero-order valence-corrected chi connectivity index (χ0v) is 17.6. The van der Waals surface area contributed by atoms with Gasteiger partial charge in [0.25, 0.3) is 11.8 Å². The number of ether oxygens (including phenoxy) is 4. The molecule has 0 bridgehead atoms. The lowest BCUT2D eigenvalue weighted by molar-refractivity contribution is -0.136. The van der Waals surface area contributed by atoms with E-state index in [0.29, 0.717) is 39.8 Å². The third kappa shape index (κ3) is 3.63. The van der Waals surface area contributed by atoms with Crippen molar-refractivity contribution in [2.45, 2.75) is 6.92 Å². The van der Waals surface area contributed by atoms with Crippen LogP contribution in [0.3, 0.4) is 0 Å². The third-order valence-electron chi connectivity index (χ3n) is 4.80. The van der Waals surface area contributed by atoms with Crippen LogP contribution in [-0.2, 0) is 9.59 Å². The Labute approximate surface area is 175 Å². The minimum absolute atomic E-state index is 0.182. The van der Waals surface area contributed by atoms with Gasteiger partial charge in [0.05, 0.1) is 34.0 Å². The number of methoxy groups -OCH3 is 4. The van der Waals surface area contributed by atoms with Crippen molar-refractivity contribution < 1.29 is 28.5 Å². The molecular weight excluding hydrogens is 388 g/mol. The Morgan fingerprint density at radius 3 is 1.90 bits per heavy atom. The summed E-state index contributed by atoms with van der Waals surface area (Å²) >= 11 is 0. The van der Waals surface area contributed by atoms with Gasteiger partial charge in [0.1, 0.15) is 11.4 Å². The number of carbonyl (C=O) groups excluding carboxylic acids is 2. The lowest BCUT2D eigenvalue weighted by Crippen LogP contribution is -2.32. The fourth-order valence-electron chi connectivity index (χ4n) is 3.30. The number of amides is 2. The Morgan fingerprint density at radius 1 is 0.833 bits per heavy atom. The molecule has 0 fully saturated rings. The van der Waals surface area contributed by atoms with Crippen molar-refractivity contribution in [3.63, 3.8) is 0 Å². The van der Waals surface area contributed by atoms with E-state index in [1.54, 1.807) is 50.4 Å². The number of nitrogens with zero attached hydrogens (tertiary/aromatic N) is 1. The molecule has 8 nitrogen and oxygen atoms in total. The molecule has 1 aliphatic heterocycles. The highest BCUT2D eigenvalue weighted by Gasteiger charge is 2.38. The van der Waals surface area contributed by atoms with E-state index in [0.717, 1.165) is 0 Å². The van der Waals surface area contributed by atoms with Gasteiger partial charge in [0.15, 0.2) is 11.5 Å². The minimum atomic E-state index is -0.401. The molecule has 1 heterocycles. The standard InChI is InChI=1S/C22H24N2O6/c1-6-24-21(25)18(13-7-9-15(27-2)10-8-13)19(22(24)26)23-14-11-16(28-3)20(30-5)17(12-14)29-4/h7-12,23H,6H2,1-5H3. The number of benzene rings is 2. The van der Waals surface area contributed by atoms with Crippen molar-refractivity contribution in [3.05, 3.63) is 47.7 Å². The Morgan fingerprint density at radius 2 is 1.43 bits per heavy atom. The molecule has 0 saturated carbocycles. The number of nitrogens with one attached hydrogen (secondary N) is 1. The molecule has 0 aliphatic carbocycles. The highest BCUT2D eigenvalue weighted by atomic mass is 16.5. The molecule has 0 atom stereocenters. The van der Waals surface area contributed by atoms with E-state index in [-0.39, 0.29) is 18.1 Å². The second-order valence-corrected chi connectivity index (χ2v) is 6.37. The normalized spacial score (nSPS) is 13.6. The second kappa shape index (κ2) is 8.77. The van der Waals surface area contributed by atoms with E-state index in [2.05, 4.69) is 5.32 Å². The summed E-state index contributed by atoms with van der Waals surface area (Å²) in [6.45, 7) is 2.02. The Bertz CT molecular complexity index is 972. The molecule has 2 aromatic carbocycles. The summed E-state index contributed by atoms with van der Waals surface area (Å²) in [6.07, 6.45) is 0. The summed E-state index contributed by atoms with van der Waals surface area (Å²) in [7, 11) is 6.09. The van der Waals surface area contributed by atoms with Crippen LogP contribution in [-0.4, -0.2) is 51.7 Å². The maximum absolute atomic E-state index is 13.0. The number of anilines is 1. The lowest BCUT2D eigenvalue weighted by atomic mass is 10.0. The molecule has 158 valence electrons. The molecular formula is C22H24N2O6. The number of likely N-dealkylation sites (N-methyl/N-ethyl adjacent to an activating group) is 1. The van der Waals surface area contributed by atoms with Crippen LogP contribution in [0.5, 0.6) is 23.0 Å². The van der Waals surface area contributed by atoms with Gasteiger partial charge in [0, 0.05) is 24.4 Å². The monoisotopic (exact) mass is 412 g/mol. The Hall–Kier alpha value is -3.68. The fraction of sp³-hybridized carbons (Fsp3) is 0.273. The van der Waals surface area contributed by atoms with Gasteiger partial charge in [-0.15, -0.1) is 0 Å². The molecule has 0 spiro atoms. The van der Waals surface area contributed by atoms with Gasteiger partial charge in [0.2, 0.25) is 5.75 Å². The summed E-state index contributed by atoms with van der Waals surface area (Å²) in [4.78, 5) is 27.1. The second-order valence-electron chi connectivity index (χ2n) is 6.37. The van der Waals surface area contributed by atoms with Crippen molar-refractivity contribution in [2.75, 3.05) is 40.3 Å². The summed E-state index contributed by atoms with van der Waals surface area (Å²) in [6, 6.07) is 10.3. The van der Waals surface area contributed by atoms with Gasteiger partial charge in [-0.25, -0.2) is 0 Å². The number of imide groups is 1. The largest absolute Gasteiger partial charge is 0.497 e. The first kappa shape index (κ1) is 21.0. The van der Waals surface area contributed by atoms with Gasteiger partial charge in [-0.05, 0) is 24.6 Å². The van der Waals surface area contributed by atoms with Crippen LogP contribution in [0.15, 0.2) is 42.1 Å². The molecule has 30 heavy (non-hydrogen) atoms.